The van der Waals surface area contributed by atoms with Crippen LogP contribution in [0.5, 0.6) is 5.75 Å². The number of hydrazone groups is 1. The number of ether oxygens (including phenoxy) is 1. The van der Waals surface area contributed by atoms with Gasteiger partial charge >= 0.3 is 0 Å². The summed E-state index contributed by atoms with van der Waals surface area (Å²) in [5.41, 5.74) is 5.21. The standard InChI is InChI=1S/C33H27Cl2N3O4S/c1-23-9-16-29(17-10-23)43(40,41)38(32-18-13-27(34)19-31(32)35)21-33(39)37-36-20-24-11-14-28(15-12-24)42-22-26-7-4-6-25-5-2-3-8-30(25)26/h2-20H,21-22H2,1H3,(H,37,39). The molecule has 0 aliphatic rings. The topological polar surface area (TPSA) is 88.1 Å². The molecule has 5 aromatic rings. The van der Waals surface area contributed by atoms with Crippen molar-refractivity contribution in [1.29, 1.82) is 0 Å². The second kappa shape index (κ2) is 13.3. The van der Waals surface area contributed by atoms with E-state index in [0.29, 0.717) is 22.9 Å². The Morgan fingerprint density at radius 1 is 0.907 bits per heavy atom. The largest absolute Gasteiger partial charge is 0.489 e. The average Bonchev–Trinajstić information content (AvgIpc) is 3.00. The van der Waals surface area contributed by atoms with Crippen LogP contribution in [0.2, 0.25) is 10.0 Å². The molecule has 0 saturated carbocycles. The van der Waals surface area contributed by atoms with Crippen LogP contribution in [-0.2, 0) is 21.4 Å². The number of anilines is 1. The molecule has 10 heteroatoms. The van der Waals surface area contributed by atoms with Crippen molar-refractivity contribution in [3.05, 3.63) is 136 Å². The predicted molar refractivity (Wildman–Crippen MR) is 173 cm³/mol. The number of nitrogens with one attached hydrogen (secondary N) is 1. The lowest BCUT2D eigenvalue weighted by molar-refractivity contribution is -0.119. The molecule has 218 valence electrons. The first-order valence-corrected chi connectivity index (χ1v) is 15.5. The van der Waals surface area contributed by atoms with Gasteiger partial charge in [0.1, 0.15) is 18.9 Å². The van der Waals surface area contributed by atoms with Gasteiger partial charge in [0.2, 0.25) is 0 Å². The molecule has 0 unspecified atom stereocenters. The van der Waals surface area contributed by atoms with E-state index in [0.717, 1.165) is 26.2 Å². The highest BCUT2D eigenvalue weighted by Gasteiger charge is 2.28. The molecule has 7 nitrogen and oxygen atoms in total. The van der Waals surface area contributed by atoms with Gasteiger partial charge in [-0.3, -0.25) is 9.10 Å². The third-order valence-corrected chi connectivity index (χ3v) is 8.94. The van der Waals surface area contributed by atoms with Gasteiger partial charge in [0.25, 0.3) is 15.9 Å². The van der Waals surface area contributed by atoms with E-state index >= 15 is 0 Å². The zero-order valence-electron chi connectivity index (χ0n) is 23.1. The summed E-state index contributed by atoms with van der Waals surface area (Å²) in [6.45, 7) is 1.71. The molecule has 0 aromatic heterocycles. The summed E-state index contributed by atoms with van der Waals surface area (Å²) in [6, 6.07) is 32.2. The molecule has 0 heterocycles. The van der Waals surface area contributed by atoms with E-state index in [4.69, 9.17) is 27.9 Å². The molecule has 0 radical (unpaired) electrons. The maximum Gasteiger partial charge on any atom is 0.264 e. The van der Waals surface area contributed by atoms with Crippen molar-refractivity contribution >= 4 is 61.8 Å². The second-order valence-electron chi connectivity index (χ2n) is 9.71. The lowest BCUT2D eigenvalue weighted by atomic mass is 10.1. The summed E-state index contributed by atoms with van der Waals surface area (Å²) < 4.78 is 34.0. The van der Waals surface area contributed by atoms with E-state index in [9.17, 15) is 13.2 Å². The molecule has 0 spiro atoms. The van der Waals surface area contributed by atoms with E-state index in [1.165, 1.54) is 36.5 Å². The van der Waals surface area contributed by atoms with Crippen molar-refractivity contribution in [2.75, 3.05) is 10.8 Å². The average molecular weight is 633 g/mol. The quantitative estimate of drug-likeness (QED) is 0.129. The number of aryl methyl sites for hydroxylation is 1. The minimum atomic E-state index is -4.14. The van der Waals surface area contributed by atoms with Gasteiger partial charge < -0.3 is 4.74 Å². The summed E-state index contributed by atoms with van der Waals surface area (Å²) >= 11 is 12.4. The van der Waals surface area contributed by atoms with Crippen LogP contribution in [-0.4, -0.2) is 27.1 Å². The maximum atomic E-state index is 13.6. The van der Waals surface area contributed by atoms with Gasteiger partial charge in [-0.05, 0) is 83.4 Å². The normalized spacial score (nSPS) is 11.5. The highest BCUT2D eigenvalue weighted by atomic mass is 35.5. The van der Waals surface area contributed by atoms with E-state index in [-0.39, 0.29) is 15.6 Å². The number of halogens is 2. The summed E-state index contributed by atoms with van der Waals surface area (Å²) in [5.74, 6) is 0.0268. The van der Waals surface area contributed by atoms with Crippen LogP contribution >= 0.6 is 23.2 Å². The van der Waals surface area contributed by atoms with Crippen molar-refractivity contribution in [3.63, 3.8) is 0 Å². The third-order valence-electron chi connectivity index (χ3n) is 6.63. The number of carbonyl (C=O) groups is 1. The van der Waals surface area contributed by atoms with Gasteiger partial charge in [0, 0.05) is 5.02 Å². The molecule has 0 fully saturated rings. The fourth-order valence-corrected chi connectivity index (χ4v) is 6.40. The molecular weight excluding hydrogens is 605 g/mol. The van der Waals surface area contributed by atoms with Crippen LogP contribution in [0.25, 0.3) is 10.8 Å². The lowest BCUT2D eigenvalue weighted by Gasteiger charge is -2.24. The monoisotopic (exact) mass is 631 g/mol. The Hall–Kier alpha value is -4.37. The fourth-order valence-electron chi connectivity index (χ4n) is 4.39. The molecule has 0 bridgehead atoms. The highest BCUT2D eigenvalue weighted by Crippen LogP contribution is 2.32. The van der Waals surface area contributed by atoms with Crippen molar-refractivity contribution in [2.45, 2.75) is 18.4 Å². The zero-order chi connectivity index (χ0) is 30.4. The number of fused-ring (bicyclic) bond motifs is 1. The second-order valence-corrected chi connectivity index (χ2v) is 12.4. The summed E-state index contributed by atoms with van der Waals surface area (Å²) in [4.78, 5) is 12.9. The smallest absolute Gasteiger partial charge is 0.264 e. The SMILES string of the molecule is Cc1ccc(S(=O)(=O)N(CC(=O)NN=Cc2ccc(OCc3cccc4ccccc34)cc2)c2ccc(Cl)cc2Cl)cc1. The summed E-state index contributed by atoms with van der Waals surface area (Å²) in [6.07, 6.45) is 1.46. The van der Waals surface area contributed by atoms with Crippen LogP contribution in [0.15, 0.2) is 119 Å². The fraction of sp³-hybridized carbons (Fsp3) is 0.0909. The molecule has 5 aromatic carbocycles. The number of hydrogen-bond donors (Lipinski definition) is 1. The molecule has 0 aliphatic heterocycles. The first-order valence-electron chi connectivity index (χ1n) is 13.3. The number of carbonyl (C=O) groups excluding carboxylic acids is 1. The Balaban J connectivity index is 1.24. The Morgan fingerprint density at radius 3 is 2.37 bits per heavy atom. The zero-order valence-corrected chi connectivity index (χ0v) is 25.4. The number of sulfonamides is 1. The summed E-state index contributed by atoms with van der Waals surface area (Å²) in [7, 11) is -4.14. The van der Waals surface area contributed by atoms with E-state index in [1.807, 2.05) is 43.3 Å². The van der Waals surface area contributed by atoms with Gasteiger partial charge in [-0.25, -0.2) is 13.8 Å². The number of amides is 1. The van der Waals surface area contributed by atoms with Crippen molar-refractivity contribution in [3.8, 4) is 5.75 Å². The van der Waals surface area contributed by atoms with Gasteiger partial charge in [-0.2, -0.15) is 5.10 Å². The van der Waals surface area contributed by atoms with Gasteiger partial charge in [-0.15, -0.1) is 0 Å². The van der Waals surface area contributed by atoms with E-state index in [2.05, 4.69) is 28.7 Å². The summed E-state index contributed by atoms with van der Waals surface area (Å²) in [5, 5.41) is 6.73. The minimum absolute atomic E-state index is 0.0168. The van der Waals surface area contributed by atoms with Crippen LogP contribution < -0.4 is 14.5 Å². The van der Waals surface area contributed by atoms with E-state index < -0.39 is 22.5 Å². The molecule has 0 atom stereocenters. The van der Waals surface area contributed by atoms with Crippen LogP contribution in [0.3, 0.4) is 0 Å². The predicted octanol–water partition coefficient (Wildman–Crippen LogP) is 7.38. The Kier molecular flexibility index (Phi) is 9.31. The first-order chi connectivity index (χ1) is 20.7. The lowest BCUT2D eigenvalue weighted by Crippen LogP contribution is -2.39. The van der Waals surface area contributed by atoms with Gasteiger partial charge in [0.05, 0.1) is 21.8 Å². The number of hydrogen-bond acceptors (Lipinski definition) is 5. The molecule has 5 rings (SSSR count). The first kappa shape index (κ1) is 30.1. The molecule has 0 aliphatic carbocycles. The molecular formula is C33H27Cl2N3O4S. The molecule has 43 heavy (non-hydrogen) atoms. The Morgan fingerprint density at radius 2 is 1.63 bits per heavy atom. The van der Waals surface area contributed by atoms with Crippen LogP contribution in [0, 0.1) is 6.92 Å². The third kappa shape index (κ3) is 7.35. The van der Waals surface area contributed by atoms with E-state index in [1.54, 1.807) is 24.3 Å². The Bertz CT molecular complexity index is 1890. The molecule has 1 N–H and O–H groups in total. The van der Waals surface area contributed by atoms with Crippen LogP contribution in [0.4, 0.5) is 5.69 Å². The highest BCUT2D eigenvalue weighted by molar-refractivity contribution is 7.92. The van der Waals surface area contributed by atoms with Gasteiger partial charge in [-0.1, -0.05) is 83.4 Å². The van der Waals surface area contributed by atoms with Crippen molar-refractivity contribution < 1.29 is 17.9 Å². The number of benzene rings is 5. The Labute approximate surface area is 260 Å². The molecule has 1 amide bonds. The number of nitrogens with zero attached hydrogens (tertiary/aromatic N) is 2. The van der Waals surface area contributed by atoms with Crippen molar-refractivity contribution in [1.82, 2.24) is 5.43 Å². The van der Waals surface area contributed by atoms with Gasteiger partial charge in [0.15, 0.2) is 0 Å². The minimum Gasteiger partial charge on any atom is -0.489 e. The van der Waals surface area contributed by atoms with Crippen molar-refractivity contribution in [2.24, 2.45) is 5.10 Å². The van der Waals surface area contributed by atoms with Crippen LogP contribution in [0.1, 0.15) is 16.7 Å². The molecule has 0 saturated heterocycles. The maximum absolute atomic E-state index is 13.6. The number of rotatable bonds is 10.